The van der Waals surface area contributed by atoms with E-state index < -0.39 is 0 Å². The van der Waals surface area contributed by atoms with Gasteiger partial charge >= 0.3 is 0 Å². The lowest BCUT2D eigenvalue weighted by Crippen LogP contribution is -2.15. The van der Waals surface area contributed by atoms with Gasteiger partial charge in [-0.3, -0.25) is 0 Å². The van der Waals surface area contributed by atoms with Crippen molar-refractivity contribution in [2.24, 2.45) is 5.92 Å². The standard InChI is InChI=1S/C13H16N2O2/c1-9(8-16)7-15-13-12-6-11(17)3-2-10(12)4-5-14-13/h2-6,9,16-17H,7-8H2,1H3,(H,14,15). The van der Waals surface area contributed by atoms with Gasteiger partial charge in [-0.15, -0.1) is 0 Å². The Hall–Kier alpha value is -1.81. The number of anilines is 1. The van der Waals surface area contributed by atoms with Crippen molar-refractivity contribution in [2.45, 2.75) is 6.92 Å². The van der Waals surface area contributed by atoms with Gasteiger partial charge in [-0.05, 0) is 29.5 Å². The summed E-state index contributed by atoms with van der Waals surface area (Å²) in [5.74, 6) is 1.13. The Labute approximate surface area is 99.9 Å². The molecule has 0 saturated heterocycles. The van der Waals surface area contributed by atoms with Gasteiger partial charge in [0.15, 0.2) is 0 Å². The molecule has 1 heterocycles. The number of nitrogens with zero attached hydrogens (tertiary/aromatic N) is 1. The topological polar surface area (TPSA) is 65.4 Å². The number of benzene rings is 1. The number of aromatic nitrogens is 1. The summed E-state index contributed by atoms with van der Waals surface area (Å²) in [5.41, 5.74) is 0. The van der Waals surface area contributed by atoms with E-state index in [2.05, 4.69) is 10.3 Å². The molecular weight excluding hydrogens is 216 g/mol. The fourth-order valence-electron chi connectivity index (χ4n) is 1.63. The SMILES string of the molecule is CC(CO)CNc1nccc2ccc(O)cc12. The van der Waals surface area contributed by atoms with Crippen LogP contribution in [0.3, 0.4) is 0 Å². The van der Waals surface area contributed by atoms with Crippen LogP contribution in [0.1, 0.15) is 6.92 Å². The van der Waals surface area contributed by atoms with Crippen molar-refractivity contribution in [3.05, 3.63) is 30.5 Å². The molecule has 1 atom stereocenters. The fraction of sp³-hybridized carbons (Fsp3) is 0.308. The number of hydrogen-bond acceptors (Lipinski definition) is 4. The Morgan fingerprint density at radius 2 is 2.18 bits per heavy atom. The Kier molecular flexibility index (Phi) is 3.44. The van der Waals surface area contributed by atoms with Crippen molar-refractivity contribution in [3.8, 4) is 5.75 Å². The summed E-state index contributed by atoms with van der Waals surface area (Å²) in [6.07, 6.45) is 1.73. The van der Waals surface area contributed by atoms with Crippen LogP contribution >= 0.6 is 0 Å². The van der Waals surface area contributed by atoms with E-state index in [9.17, 15) is 5.11 Å². The number of rotatable bonds is 4. The van der Waals surface area contributed by atoms with Crippen LogP contribution in [0.2, 0.25) is 0 Å². The van der Waals surface area contributed by atoms with Crippen LogP contribution in [-0.4, -0.2) is 28.3 Å². The summed E-state index contributed by atoms with van der Waals surface area (Å²) in [6.45, 7) is 2.75. The van der Waals surface area contributed by atoms with Crippen LogP contribution in [-0.2, 0) is 0 Å². The molecule has 0 spiro atoms. The second kappa shape index (κ2) is 5.01. The maximum Gasteiger partial charge on any atom is 0.133 e. The molecule has 3 N–H and O–H groups in total. The number of phenols is 1. The number of aliphatic hydroxyl groups excluding tert-OH is 1. The molecule has 0 fully saturated rings. The second-order valence-electron chi connectivity index (χ2n) is 4.23. The van der Waals surface area contributed by atoms with Crippen molar-refractivity contribution in [1.29, 1.82) is 0 Å². The molecule has 0 aliphatic carbocycles. The molecule has 4 nitrogen and oxygen atoms in total. The van der Waals surface area contributed by atoms with E-state index in [1.165, 1.54) is 0 Å². The highest BCUT2D eigenvalue weighted by Gasteiger charge is 2.05. The molecule has 17 heavy (non-hydrogen) atoms. The summed E-state index contributed by atoms with van der Waals surface area (Å²) >= 11 is 0. The van der Waals surface area contributed by atoms with Crippen LogP contribution in [0.4, 0.5) is 5.82 Å². The first-order chi connectivity index (χ1) is 8.20. The zero-order valence-corrected chi connectivity index (χ0v) is 9.72. The Bertz CT molecular complexity index is 514. The lowest BCUT2D eigenvalue weighted by molar-refractivity contribution is 0.244. The van der Waals surface area contributed by atoms with Gasteiger partial charge in [0.25, 0.3) is 0 Å². The Morgan fingerprint density at radius 3 is 2.94 bits per heavy atom. The minimum Gasteiger partial charge on any atom is -0.508 e. The van der Waals surface area contributed by atoms with Gasteiger partial charge in [0.05, 0.1) is 0 Å². The monoisotopic (exact) mass is 232 g/mol. The van der Waals surface area contributed by atoms with E-state index >= 15 is 0 Å². The molecule has 0 aliphatic heterocycles. The first-order valence-electron chi connectivity index (χ1n) is 5.63. The third-order valence-electron chi connectivity index (χ3n) is 2.68. The highest BCUT2D eigenvalue weighted by atomic mass is 16.3. The smallest absolute Gasteiger partial charge is 0.133 e. The van der Waals surface area contributed by atoms with Gasteiger partial charge in [0, 0.05) is 24.7 Å². The van der Waals surface area contributed by atoms with Crippen LogP contribution < -0.4 is 5.32 Å². The molecule has 0 bridgehead atoms. The number of aliphatic hydroxyl groups is 1. The maximum atomic E-state index is 9.48. The summed E-state index contributed by atoms with van der Waals surface area (Å²) < 4.78 is 0. The number of pyridine rings is 1. The Morgan fingerprint density at radius 1 is 1.35 bits per heavy atom. The van der Waals surface area contributed by atoms with E-state index in [0.717, 1.165) is 16.6 Å². The summed E-state index contributed by atoms with van der Waals surface area (Å²) in [4.78, 5) is 4.25. The van der Waals surface area contributed by atoms with Crippen molar-refractivity contribution < 1.29 is 10.2 Å². The molecule has 0 aliphatic rings. The number of nitrogens with one attached hydrogen (secondary N) is 1. The first kappa shape index (κ1) is 11.7. The summed E-state index contributed by atoms with van der Waals surface area (Å²) in [6, 6.07) is 7.10. The second-order valence-corrected chi connectivity index (χ2v) is 4.23. The van der Waals surface area contributed by atoms with E-state index in [0.29, 0.717) is 6.54 Å². The molecule has 1 unspecified atom stereocenters. The van der Waals surface area contributed by atoms with E-state index in [1.54, 1.807) is 18.3 Å². The number of fused-ring (bicyclic) bond motifs is 1. The van der Waals surface area contributed by atoms with Gasteiger partial charge in [0.2, 0.25) is 0 Å². The van der Waals surface area contributed by atoms with E-state index in [1.807, 2.05) is 19.1 Å². The van der Waals surface area contributed by atoms with Gasteiger partial charge in [-0.25, -0.2) is 4.98 Å². The Balaban J connectivity index is 2.30. The molecule has 4 heteroatoms. The van der Waals surface area contributed by atoms with Crippen molar-refractivity contribution >= 4 is 16.6 Å². The van der Waals surface area contributed by atoms with Crippen molar-refractivity contribution in [3.63, 3.8) is 0 Å². The zero-order valence-electron chi connectivity index (χ0n) is 9.72. The lowest BCUT2D eigenvalue weighted by atomic mass is 10.1. The first-order valence-corrected chi connectivity index (χ1v) is 5.63. The van der Waals surface area contributed by atoms with Crippen LogP contribution in [0.25, 0.3) is 10.8 Å². The molecule has 2 aromatic rings. The minimum atomic E-state index is 0.142. The number of aromatic hydroxyl groups is 1. The number of phenolic OH excluding ortho intramolecular Hbond substituents is 1. The van der Waals surface area contributed by atoms with Gasteiger partial charge in [-0.2, -0.15) is 0 Å². The zero-order chi connectivity index (χ0) is 12.3. The fourth-order valence-corrected chi connectivity index (χ4v) is 1.63. The summed E-state index contributed by atoms with van der Waals surface area (Å²) in [7, 11) is 0. The molecule has 0 saturated carbocycles. The van der Waals surface area contributed by atoms with Crippen molar-refractivity contribution in [2.75, 3.05) is 18.5 Å². The van der Waals surface area contributed by atoms with Crippen LogP contribution in [0.5, 0.6) is 5.75 Å². The van der Waals surface area contributed by atoms with Crippen LogP contribution in [0, 0.1) is 5.92 Å². The quantitative estimate of drug-likeness (QED) is 0.754. The van der Waals surface area contributed by atoms with Gasteiger partial charge in [0.1, 0.15) is 11.6 Å². The predicted octanol–water partition coefficient (Wildman–Crippen LogP) is 1.98. The largest absolute Gasteiger partial charge is 0.508 e. The predicted molar refractivity (Wildman–Crippen MR) is 68.1 cm³/mol. The average molecular weight is 232 g/mol. The normalized spacial score (nSPS) is 12.6. The van der Waals surface area contributed by atoms with E-state index in [-0.39, 0.29) is 18.3 Å². The third-order valence-corrected chi connectivity index (χ3v) is 2.68. The third kappa shape index (κ3) is 2.65. The maximum absolute atomic E-state index is 9.48. The average Bonchev–Trinajstić information content (AvgIpc) is 2.35. The lowest BCUT2D eigenvalue weighted by Gasteiger charge is -2.12. The van der Waals surface area contributed by atoms with E-state index in [4.69, 9.17) is 5.11 Å². The molecule has 1 aromatic carbocycles. The minimum absolute atomic E-state index is 0.142. The highest BCUT2D eigenvalue weighted by Crippen LogP contribution is 2.25. The molecule has 1 aromatic heterocycles. The van der Waals surface area contributed by atoms with Gasteiger partial charge in [-0.1, -0.05) is 13.0 Å². The summed E-state index contributed by atoms with van der Waals surface area (Å²) in [5, 5.41) is 23.5. The molecule has 90 valence electrons. The molecular formula is C13H16N2O2. The molecule has 0 amide bonds. The molecule has 0 radical (unpaired) electrons. The van der Waals surface area contributed by atoms with Gasteiger partial charge < -0.3 is 15.5 Å². The number of hydrogen-bond donors (Lipinski definition) is 3. The van der Waals surface area contributed by atoms with Crippen molar-refractivity contribution in [1.82, 2.24) is 4.98 Å². The molecule has 2 rings (SSSR count). The van der Waals surface area contributed by atoms with Crippen LogP contribution in [0.15, 0.2) is 30.5 Å². The highest BCUT2D eigenvalue weighted by molar-refractivity contribution is 5.92.